The van der Waals surface area contributed by atoms with Crippen molar-refractivity contribution in [3.05, 3.63) is 53.7 Å². The van der Waals surface area contributed by atoms with E-state index < -0.39 is 0 Å². The minimum atomic E-state index is 0.612. The third-order valence-electron chi connectivity index (χ3n) is 2.55. The summed E-state index contributed by atoms with van der Waals surface area (Å²) < 4.78 is 0. The lowest BCUT2D eigenvalue weighted by atomic mass is 10.2. The molecule has 1 aromatic heterocycles. The maximum atomic E-state index is 9.18. The number of benzene rings is 1. The van der Waals surface area contributed by atoms with E-state index in [4.69, 9.17) is 0 Å². The van der Waals surface area contributed by atoms with Crippen LogP contribution >= 0.6 is 11.8 Å². The summed E-state index contributed by atoms with van der Waals surface area (Å²) in [6, 6.07) is 14.1. The molecule has 0 fully saturated rings. The molecule has 1 aromatic carbocycles. The quantitative estimate of drug-likeness (QED) is 0.852. The van der Waals surface area contributed by atoms with Crippen molar-refractivity contribution >= 4 is 17.4 Å². The number of nitrogens with one attached hydrogen (secondary N) is 1. The van der Waals surface area contributed by atoms with Gasteiger partial charge in [0.1, 0.15) is 16.7 Å². The van der Waals surface area contributed by atoms with Crippen LogP contribution in [0.1, 0.15) is 11.1 Å². The van der Waals surface area contributed by atoms with Crippen molar-refractivity contribution in [1.29, 1.82) is 5.26 Å². The Morgan fingerprint density at radius 2 is 2.06 bits per heavy atom. The molecule has 0 amide bonds. The first-order valence-electron chi connectivity index (χ1n) is 5.56. The van der Waals surface area contributed by atoms with Crippen LogP contribution in [-0.2, 0) is 6.54 Å². The topological polar surface area (TPSA) is 48.7 Å². The third-order valence-corrected chi connectivity index (χ3v) is 3.24. The lowest BCUT2D eigenvalue weighted by Crippen LogP contribution is -2.02. The van der Waals surface area contributed by atoms with Gasteiger partial charge in [0.25, 0.3) is 0 Å². The summed E-state index contributed by atoms with van der Waals surface area (Å²) in [4.78, 5) is 4.18. The van der Waals surface area contributed by atoms with E-state index in [1.165, 1.54) is 17.3 Å². The second-order valence-electron chi connectivity index (χ2n) is 3.69. The van der Waals surface area contributed by atoms with E-state index in [0.29, 0.717) is 12.1 Å². The maximum absolute atomic E-state index is 9.18. The summed E-state index contributed by atoms with van der Waals surface area (Å²) in [5, 5.41) is 13.2. The Balaban J connectivity index is 2.17. The maximum Gasteiger partial charge on any atom is 0.116 e. The monoisotopic (exact) mass is 255 g/mol. The molecule has 0 saturated carbocycles. The van der Waals surface area contributed by atoms with Crippen molar-refractivity contribution in [3.63, 3.8) is 0 Å². The summed E-state index contributed by atoms with van der Waals surface area (Å²) in [7, 11) is 0. The van der Waals surface area contributed by atoms with Gasteiger partial charge in [0.2, 0.25) is 0 Å². The van der Waals surface area contributed by atoms with Crippen molar-refractivity contribution in [3.8, 4) is 6.07 Å². The molecule has 4 heteroatoms. The smallest absolute Gasteiger partial charge is 0.116 e. The fraction of sp³-hybridized carbons (Fsp3) is 0.143. The molecule has 1 N–H and O–H groups in total. The number of aromatic nitrogens is 1. The summed E-state index contributed by atoms with van der Waals surface area (Å²) in [6.45, 7) is 0.702. The molecule has 1 heterocycles. The van der Waals surface area contributed by atoms with Crippen LogP contribution in [0.4, 0.5) is 5.69 Å². The molecule has 0 aliphatic heterocycles. The van der Waals surface area contributed by atoms with E-state index in [-0.39, 0.29) is 0 Å². The van der Waals surface area contributed by atoms with Crippen molar-refractivity contribution in [2.75, 3.05) is 11.6 Å². The van der Waals surface area contributed by atoms with E-state index >= 15 is 0 Å². The SMILES string of the molecule is CSc1nccc(NCc2ccccc2)c1C#N. The van der Waals surface area contributed by atoms with Crippen LogP contribution in [0.15, 0.2) is 47.6 Å². The normalized spacial score (nSPS) is 9.78. The average Bonchev–Trinajstić information content (AvgIpc) is 2.45. The van der Waals surface area contributed by atoms with Crippen molar-refractivity contribution in [1.82, 2.24) is 4.98 Å². The highest BCUT2D eigenvalue weighted by Crippen LogP contribution is 2.24. The molecule has 0 atom stereocenters. The van der Waals surface area contributed by atoms with Crippen molar-refractivity contribution < 1.29 is 0 Å². The zero-order valence-electron chi connectivity index (χ0n) is 10.1. The highest BCUT2D eigenvalue weighted by molar-refractivity contribution is 7.98. The van der Waals surface area contributed by atoms with Gasteiger partial charge in [0, 0.05) is 12.7 Å². The van der Waals surface area contributed by atoms with Gasteiger partial charge in [-0.2, -0.15) is 5.26 Å². The van der Waals surface area contributed by atoms with Crippen LogP contribution in [0.5, 0.6) is 0 Å². The second kappa shape index (κ2) is 6.08. The lowest BCUT2D eigenvalue weighted by Gasteiger charge is -2.09. The summed E-state index contributed by atoms with van der Waals surface area (Å²) in [6.07, 6.45) is 3.64. The van der Waals surface area contributed by atoms with Gasteiger partial charge in [-0.15, -0.1) is 11.8 Å². The minimum Gasteiger partial charge on any atom is -0.380 e. The first-order valence-corrected chi connectivity index (χ1v) is 6.78. The van der Waals surface area contributed by atoms with Crippen LogP contribution in [0.2, 0.25) is 0 Å². The van der Waals surface area contributed by atoms with Crippen LogP contribution in [0.25, 0.3) is 0 Å². The van der Waals surface area contributed by atoms with Gasteiger partial charge in [-0.05, 0) is 17.9 Å². The van der Waals surface area contributed by atoms with Crippen LogP contribution in [0, 0.1) is 11.3 Å². The molecule has 0 radical (unpaired) electrons. The Bertz CT molecular complexity index is 561. The number of rotatable bonds is 4. The van der Waals surface area contributed by atoms with Gasteiger partial charge in [0.15, 0.2) is 0 Å². The molecule has 90 valence electrons. The molecule has 2 rings (SSSR count). The van der Waals surface area contributed by atoms with E-state index in [1.807, 2.05) is 30.5 Å². The summed E-state index contributed by atoms with van der Waals surface area (Å²) >= 11 is 1.48. The van der Waals surface area contributed by atoms with Gasteiger partial charge in [0.05, 0.1) is 5.69 Å². The number of nitriles is 1. The summed E-state index contributed by atoms with van der Waals surface area (Å²) in [5.74, 6) is 0. The van der Waals surface area contributed by atoms with E-state index in [9.17, 15) is 5.26 Å². The van der Waals surface area contributed by atoms with E-state index in [0.717, 1.165) is 10.7 Å². The number of thioether (sulfide) groups is 1. The van der Waals surface area contributed by atoms with Gasteiger partial charge >= 0.3 is 0 Å². The molecule has 3 nitrogen and oxygen atoms in total. The number of pyridine rings is 1. The average molecular weight is 255 g/mol. The van der Waals surface area contributed by atoms with Gasteiger partial charge in [-0.3, -0.25) is 0 Å². The van der Waals surface area contributed by atoms with Crippen LogP contribution in [-0.4, -0.2) is 11.2 Å². The standard InChI is InChI=1S/C14H13N3S/c1-18-14-12(9-15)13(7-8-16-14)17-10-11-5-3-2-4-6-11/h2-8H,10H2,1H3,(H,16,17). The fourth-order valence-corrected chi connectivity index (χ4v) is 2.17. The van der Waals surface area contributed by atoms with E-state index in [2.05, 4.69) is 28.5 Å². The zero-order chi connectivity index (χ0) is 12.8. The zero-order valence-corrected chi connectivity index (χ0v) is 10.9. The Morgan fingerprint density at radius 3 is 2.72 bits per heavy atom. The lowest BCUT2D eigenvalue weighted by molar-refractivity contribution is 1.08. The third kappa shape index (κ3) is 2.82. The van der Waals surface area contributed by atoms with Crippen molar-refractivity contribution in [2.24, 2.45) is 0 Å². The summed E-state index contributed by atoms with van der Waals surface area (Å²) in [5.41, 5.74) is 2.63. The molecule has 0 saturated heterocycles. The number of hydrogen-bond donors (Lipinski definition) is 1. The first-order chi connectivity index (χ1) is 8.85. The number of hydrogen-bond acceptors (Lipinski definition) is 4. The van der Waals surface area contributed by atoms with E-state index in [1.54, 1.807) is 6.20 Å². The second-order valence-corrected chi connectivity index (χ2v) is 4.49. The Labute approximate surface area is 111 Å². The molecule has 0 aliphatic rings. The molecule has 2 aromatic rings. The fourth-order valence-electron chi connectivity index (χ4n) is 1.65. The molecule has 0 unspecified atom stereocenters. The Morgan fingerprint density at radius 1 is 1.28 bits per heavy atom. The predicted molar refractivity (Wildman–Crippen MR) is 74.5 cm³/mol. The largest absolute Gasteiger partial charge is 0.380 e. The van der Waals surface area contributed by atoms with Gasteiger partial charge < -0.3 is 5.32 Å². The van der Waals surface area contributed by atoms with Gasteiger partial charge in [-0.25, -0.2) is 4.98 Å². The highest BCUT2D eigenvalue weighted by atomic mass is 32.2. The van der Waals surface area contributed by atoms with Crippen LogP contribution in [0.3, 0.4) is 0 Å². The molecular weight excluding hydrogens is 242 g/mol. The molecular formula is C14H13N3S. The van der Waals surface area contributed by atoms with Gasteiger partial charge in [-0.1, -0.05) is 30.3 Å². The Hall–Kier alpha value is -1.99. The Kier molecular flexibility index (Phi) is 4.21. The molecule has 0 bridgehead atoms. The molecule has 0 spiro atoms. The van der Waals surface area contributed by atoms with Crippen LogP contribution < -0.4 is 5.32 Å². The molecule has 0 aliphatic carbocycles. The highest BCUT2D eigenvalue weighted by Gasteiger charge is 2.07. The first kappa shape index (κ1) is 12.5. The predicted octanol–water partition coefficient (Wildman–Crippen LogP) is 3.29. The number of nitrogens with zero attached hydrogens (tertiary/aromatic N) is 2. The number of anilines is 1. The van der Waals surface area contributed by atoms with Crippen molar-refractivity contribution in [2.45, 2.75) is 11.6 Å². The minimum absolute atomic E-state index is 0.612. The molecule has 18 heavy (non-hydrogen) atoms.